The van der Waals surface area contributed by atoms with Gasteiger partial charge in [-0.15, -0.1) is 0 Å². The zero-order valence-electron chi connectivity index (χ0n) is 5.49. The maximum Gasteiger partial charge on any atom is 0.266 e. The minimum atomic E-state index is -2.52. The molecule has 0 unspecified atom stereocenters. The predicted molar refractivity (Wildman–Crippen MR) is 54.6 cm³/mol. The van der Waals surface area contributed by atoms with Gasteiger partial charge in [-0.25, -0.2) is 13.8 Å². The monoisotopic (exact) mass is 367 g/mol. The van der Waals surface area contributed by atoms with Crippen molar-refractivity contribution in [3.8, 4) is 0 Å². The molecule has 0 fully saturated rings. The van der Waals surface area contributed by atoms with Crippen LogP contribution in [-0.2, 0) is 0 Å². The Hall–Kier alpha value is 0.510. The second-order valence-electron chi connectivity index (χ2n) is 1.93. The number of rotatable bonds is 1. The van der Waals surface area contributed by atoms with Gasteiger partial charge in [-0.2, -0.15) is 0 Å². The first kappa shape index (κ1) is 10.6. The van der Waals surface area contributed by atoms with Crippen LogP contribution in [0.15, 0.2) is 10.7 Å². The fourth-order valence-electron chi connectivity index (χ4n) is 0.609. The Morgan fingerprint density at radius 2 is 2.17 bits per heavy atom. The molecular formula is C6H2BrClF2IN. The highest BCUT2D eigenvalue weighted by molar-refractivity contribution is 14.1. The summed E-state index contributed by atoms with van der Waals surface area (Å²) in [6, 6.07) is 0. The summed E-state index contributed by atoms with van der Waals surface area (Å²) >= 11 is 10.4. The van der Waals surface area contributed by atoms with E-state index in [0.29, 0.717) is 8.04 Å². The van der Waals surface area contributed by atoms with Crippen LogP contribution < -0.4 is 0 Å². The van der Waals surface area contributed by atoms with E-state index in [9.17, 15) is 8.78 Å². The molecule has 0 aliphatic carbocycles. The highest BCUT2D eigenvalue weighted by Gasteiger charge is 2.16. The Morgan fingerprint density at radius 1 is 1.58 bits per heavy atom. The lowest BCUT2D eigenvalue weighted by atomic mass is 10.3. The number of hydrogen-bond acceptors (Lipinski definition) is 1. The first-order chi connectivity index (χ1) is 5.54. The molecule has 0 saturated heterocycles. The Balaban J connectivity index is 3.27. The van der Waals surface area contributed by atoms with Gasteiger partial charge in [-0.05, 0) is 38.5 Å². The standard InChI is InChI=1S/C6H2BrClF2IN/c7-3-4(11)2(6(9)10)1-12-5(3)8/h1,6H. The van der Waals surface area contributed by atoms with Gasteiger partial charge in [0.25, 0.3) is 6.43 Å². The molecule has 0 bridgehead atoms. The summed E-state index contributed by atoms with van der Waals surface area (Å²) in [5.41, 5.74) is -0.105. The third-order valence-electron chi connectivity index (χ3n) is 1.18. The Kier molecular flexibility index (Phi) is 3.66. The number of alkyl halides is 2. The van der Waals surface area contributed by atoms with Gasteiger partial charge in [0.1, 0.15) is 5.15 Å². The molecule has 0 atom stereocenters. The quantitative estimate of drug-likeness (QED) is 0.539. The molecule has 6 heteroatoms. The molecule has 0 aliphatic heterocycles. The van der Waals surface area contributed by atoms with Crippen LogP contribution >= 0.6 is 50.1 Å². The van der Waals surface area contributed by atoms with Gasteiger partial charge < -0.3 is 0 Å². The summed E-state index contributed by atoms with van der Waals surface area (Å²) in [6.45, 7) is 0. The molecule has 12 heavy (non-hydrogen) atoms. The van der Waals surface area contributed by atoms with Crippen LogP contribution in [0.3, 0.4) is 0 Å². The first-order valence-corrected chi connectivity index (χ1v) is 5.06. The van der Waals surface area contributed by atoms with Crippen LogP contribution in [0, 0.1) is 3.57 Å². The van der Waals surface area contributed by atoms with Crippen molar-refractivity contribution in [3.05, 3.63) is 25.0 Å². The second kappa shape index (κ2) is 4.15. The molecule has 0 aliphatic rings. The van der Waals surface area contributed by atoms with E-state index in [4.69, 9.17) is 11.6 Å². The average Bonchev–Trinajstić information content (AvgIpc) is 2.00. The van der Waals surface area contributed by atoms with E-state index in [0.717, 1.165) is 6.20 Å². The highest BCUT2D eigenvalue weighted by Crippen LogP contribution is 2.32. The zero-order chi connectivity index (χ0) is 9.30. The minimum absolute atomic E-state index is 0.105. The lowest BCUT2D eigenvalue weighted by Crippen LogP contribution is -1.93. The van der Waals surface area contributed by atoms with Crippen molar-refractivity contribution < 1.29 is 8.78 Å². The van der Waals surface area contributed by atoms with Gasteiger partial charge >= 0.3 is 0 Å². The van der Waals surface area contributed by atoms with Crippen LogP contribution in [0.2, 0.25) is 5.15 Å². The van der Waals surface area contributed by atoms with Gasteiger partial charge in [-0.1, -0.05) is 11.6 Å². The molecule has 0 saturated carbocycles. The van der Waals surface area contributed by atoms with Gasteiger partial charge in [0, 0.05) is 9.77 Å². The third-order valence-corrected chi connectivity index (χ3v) is 4.37. The highest BCUT2D eigenvalue weighted by atomic mass is 127. The largest absolute Gasteiger partial charge is 0.266 e. The number of hydrogen-bond donors (Lipinski definition) is 0. The molecule has 0 spiro atoms. The zero-order valence-corrected chi connectivity index (χ0v) is 9.99. The SMILES string of the molecule is FC(F)c1cnc(Cl)c(Br)c1I. The van der Waals surface area contributed by atoms with E-state index < -0.39 is 6.43 Å². The van der Waals surface area contributed by atoms with Crippen molar-refractivity contribution in [2.75, 3.05) is 0 Å². The van der Waals surface area contributed by atoms with E-state index in [-0.39, 0.29) is 10.7 Å². The number of pyridine rings is 1. The molecule has 66 valence electrons. The number of halogens is 5. The Labute approximate surface area is 94.8 Å². The summed E-state index contributed by atoms with van der Waals surface area (Å²) in [5, 5.41) is 0.198. The van der Waals surface area contributed by atoms with Gasteiger partial charge in [-0.3, -0.25) is 0 Å². The maximum atomic E-state index is 12.2. The van der Waals surface area contributed by atoms with E-state index in [1.165, 1.54) is 0 Å². The van der Waals surface area contributed by atoms with Crippen LogP contribution in [0.5, 0.6) is 0 Å². The van der Waals surface area contributed by atoms with Gasteiger partial charge in [0.15, 0.2) is 0 Å². The van der Waals surface area contributed by atoms with Crippen molar-refractivity contribution in [1.82, 2.24) is 4.98 Å². The molecule has 0 amide bonds. The molecule has 1 rings (SSSR count). The molecule has 1 heterocycles. The molecule has 1 aromatic heterocycles. The van der Waals surface area contributed by atoms with Crippen LogP contribution in [0.1, 0.15) is 12.0 Å². The van der Waals surface area contributed by atoms with Crippen molar-refractivity contribution >= 4 is 50.1 Å². The number of aromatic nitrogens is 1. The smallest absolute Gasteiger partial charge is 0.243 e. The lowest BCUT2D eigenvalue weighted by molar-refractivity contribution is 0.150. The predicted octanol–water partition coefficient (Wildman–Crippen LogP) is 4.04. The fraction of sp³-hybridized carbons (Fsp3) is 0.167. The lowest BCUT2D eigenvalue weighted by Gasteiger charge is -2.04. The third kappa shape index (κ3) is 2.05. The Bertz CT molecular complexity index is 308. The van der Waals surface area contributed by atoms with Crippen LogP contribution in [0.25, 0.3) is 0 Å². The summed E-state index contributed by atoms with van der Waals surface area (Å²) < 4.78 is 25.3. The van der Waals surface area contributed by atoms with Crippen LogP contribution in [0.4, 0.5) is 8.78 Å². The van der Waals surface area contributed by atoms with Gasteiger partial charge in [0.05, 0.1) is 10.0 Å². The molecule has 0 aromatic carbocycles. The maximum absolute atomic E-state index is 12.2. The van der Waals surface area contributed by atoms with Crippen molar-refractivity contribution in [3.63, 3.8) is 0 Å². The van der Waals surface area contributed by atoms with E-state index in [1.54, 1.807) is 22.6 Å². The summed E-state index contributed by atoms with van der Waals surface area (Å²) in [6.07, 6.45) is -1.43. The van der Waals surface area contributed by atoms with Crippen LogP contribution in [-0.4, -0.2) is 4.98 Å². The van der Waals surface area contributed by atoms with E-state index >= 15 is 0 Å². The molecule has 0 radical (unpaired) electrons. The Morgan fingerprint density at radius 3 is 2.67 bits per heavy atom. The van der Waals surface area contributed by atoms with E-state index in [1.807, 2.05) is 0 Å². The topological polar surface area (TPSA) is 12.9 Å². The summed E-state index contributed by atoms with van der Waals surface area (Å²) in [7, 11) is 0. The second-order valence-corrected chi connectivity index (χ2v) is 4.16. The molecule has 1 nitrogen and oxygen atoms in total. The molecule has 0 N–H and O–H groups in total. The number of nitrogens with zero attached hydrogens (tertiary/aromatic N) is 1. The van der Waals surface area contributed by atoms with Crippen molar-refractivity contribution in [2.45, 2.75) is 6.43 Å². The average molecular weight is 368 g/mol. The van der Waals surface area contributed by atoms with Gasteiger partial charge in [0.2, 0.25) is 0 Å². The molecular weight excluding hydrogens is 366 g/mol. The molecule has 1 aromatic rings. The normalized spacial score (nSPS) is 10.8. The van der Waals surface area contributed by atoms with Crippen molar-refractivity contribution in [2.24, 2.45) is 0 Å². The summed E-state index contributed by atoms with van der Waals surface area (Å²) in [4.78, 5) is 3.59. The fourth-order valence-corrected chi connectivity index (χ4v) is 1.87. The van der Waals surface area contributed by atoms with Crippen molar-refractivity contribution in [1.29, 1.82) is 0 Å². The first-order valence-electron chi connectivity index (χ1n) is 2.81. The summed E-state index contributed by atoms with van der Waals surface area (Å²) in [5.74, 6) is 0. The van der Waals surface area contributed by atoms with E-state index in [2.05, 4.69) is 20.9 Å². The minimum Gasteiger partial charge on any atom is -0.243 e.